The van der Waals surface area contributed by atoms with E-state index in [4.69, 9.17) is 0 Å². The predicted molar refractivity (Wildman–Crippen MR) is 83.5 cm³/mol. The Labute approximate surface area is 127 Å². The van der Waals surface area contributed by atoms with Crippen molar-refractivity contribution >= 4 is 28.8 Å². The van der Waals surface area contributed by atoms with Crippen LogP contribution >= 0.6 is 11.3 Å². The normalized spacial score (nSPS) is 13.5. The number of aryl methyl sites for hydroxylation is 1. The second-order valence-corrected chi connectivity index (χ2v) is 5.99. The summed E-state index contributed by atoms with van der Waals surface area (Å²) in [7, 11) is 1.81. The molecular weight excluding hydrogens is 284 g/mol. The van der Waals surface area contributed by atoms with Crippen molar-refractivity contribution in [3.8, 4) is 0 Å². The lowest BCUT2D eigenvalue weighted by Crippen LogP contribution is -2.26. The van der Waals surface area contributed by atoms with Crippen LogP contribution in [0.25, 0.3) is 0 Å². The summed E-state index contributed by atoms with van der Waals surface area (Å²) in [5, 5.41) is 6.89. The summed E-state index contributed by atoms with van der Waals surface area (Å²) in [5.41, 5.74) is 3.66. The summed E-state index contributed by atoms with van der Waals surface area (Å²) in [6.45, 7) is 0.607. The zero-order valence-corrected chi connectivity index (χ0v) is 12.6. The van der Waals surface area contributed by atoms with Gasteiger partial charge in [-0.25, -0.2) is 0 Å². The molecule has 1 aromatic heterocycles. The van der Waals surface area contributed by atoms with Gasteiger partial charge in [-0.15, -0.1) is 0 Å². The van der Waals surface area contributed by atoms with Crippen molar-refractivity contribution in [2.24, 2.45) is 0 Å². The summed E-state index contributed by atoms with van der Waals surface area (Å²) in [4.78, 5) is 25.5. The number of hydrogen-bond donors (Lipinski definition) is 1. The molecule has 1 aliphatic rings. The summed E-state index contributed by atoms with van der Waals surface area (Å²) in [6, 6.07) is 7.51. The Hall–Kier alpha value is -2.14. The first kappa shape index (κ1) is 13.8. The molecule has 0 saturated heterocycles. The highest BCUT2D eigenvalue weighted by atomic mass is 32.1. The number of benzene rings is 1. The highest BCUT2D eigenvalue weighted by Crippen LogP contribution is 2.24. The molecule has 0 aliphatic carbocycles. The van der Waals surface area contributed by atoms with Gasteiger partial charge in [0.25, 0.3) is 5.91 Å². The Morgan fingerprint density at radius 1 is 1.33 bits per heavy atom. The quantitative estimate of drug-likeness (QED) is 0.947. The molecule has 3 rings (SSSR count). The Bertz CT molecular complexity index is 680. The molecule has 1 aromatic carbocycles. The van der Waals surface area contributed by atoms with Crippen LogP contribution in [0.5, 0.6) is 0 Å². The fourth-order valence-electron chi connectivity index (χ4n) is 2.47. The molecular formula is C16H16N2O2S. The van der Waals surface area contributed by atoms with Gasteiger partial charge in [0, 0.05) is 31.3 Å². The number of nitrogens with zero attached hydrogens (tertiary/aromatic N) is 1. The van der Waals surface area contributed by atoms with Crippen LogP contribution in [0.1, 0.15) is 27.9 Å². The van der Waals surface area contributed by atoms with E-state index in [1.807, 2.05) is 29.0 Å². The van der Waals surface area contributed by atoms with E-state index >= 15 is 0 Å². The van der Waals surface area contributed by atoms with E-state index in [1.165, 1.54) is 0 Å². The highest BCUT2D eigenvalue weighted by Gasteiger charge is 2.18. The Balaban J connectivity index is 1.77. The zero-order chi connectivity index (χ0) is 14.8. The number of thiophene rings is 1. The van der Waals surface area contributed by atoms with E-state index in [0.717, 1.165) is 16.8 Å². The molecule has 2 amide bonds. The topological polar surface area (TPSA) is 49.4 Å². The van der Waals surface area contributed by atoms with Crippen LogP contribution in [0.4, 0.5) is 5.69 Å². The molecule has 2 heterocycles. The van der Waals surface area contributed by atoms with Crippen LogP contribution in [-0.2, 0) is 17.8 Å². The molecule has 0 saturated carbocycles. The number of fused-ring (bicyclic) bond motifs is 1. The smallest absolute Gasteiger partial charge is 0.253 e. The average molecular weight is 300 g/mol. The molecule has 2 aromatic rings. The van der Waals surface area contributed by atoms with E-state index in [0.29, 0.717) is 24.9 Å². The van der Waals surface area contributed by atoms with Crippen molar-refractivity contribution < 1.29 is 9.59 Å². The second kappa shape index (κ2) is 5.69. The van der Waals surface area contributed by atoms with E-state index in [2.05, 4.69) is 5.32 Å². The third kappa shape index (κ3) is 2.97. The van der Waals surface area contributed by atoms with Gasteiger partial charge in [-0.05, 0) is 52.6 Å². The zero-order valence-electron chi connectivity index (χ0n) is 11.8. The minimum Gasteiger partial charge on any atom is -0.337 e. The first-order valence-corrected chi connectivity index (χ1v) is 7.77. The van der Waals surface area contributed by atoms with Crippen LogP contribution in [0, 0.1) is 0 Å². The molecule has 5 heteroatoms. The molecule has 4 nitrogen and oxygen atoms in total. The number of anilines is 1. The molecule has 0 bridgehead atoms. The Kier molecular flexibility index (Phi) is 3.75. The Morgan fingerprint density at radius 2 is 2.19 bits per heavy atom. The van der Waals surface area contributed by atoms with Crippen molar-refractivity contribution in [2.75, 3.05) is 12.4 Å². The van der Waals surface area contributed by atoms with Crippen molar-refractivity contribution in [1.29, 1.82) is 0 Å². The second-order valence-electron chi connectivity index (χ2n) is 5.21. The van der Waals surface area contributed by atoms with Crippen LogP contribution in [0.3, 0.4) is 0 Å². The minimum absolute atomic E-state index is 0.000833. The molecule has 0 unspecified atom stereocenters. The highest BCUT2D eigenvalue weighted by molar-refractivity contribution is 7.07. The molecule has 1 aliphatic heterocycles. The molecule has 1 N–H and O–H groups in total. The number of hydrogen-bond acceptors (Lipinski definition) is 3. The largest absolute Gasteiger partial charge is 0.337 e. The first-order valence-electron chi connectivity index (χ1n) is 6.83. The van der Waals surface area contributed by atoms with E-state index in [9.17, 15) is 9.59 Å². The van der Waals surface area contributed by atoms with Crippen molar-refractivity contribution in [2.45, 2.75) is 19.4 Å². The van der Waals surface area contributed by atoms with Gasteiger partial charge in [-0.2, -0.15) is 11.3 Å². The van der Waals surface area contributed by atoms with Crippen molar-refractivity contribution in [1.82, 2.24) is 4.90 Å². The number of amides is 2. The maximum Gasteiger partial charge on any atom is 0.253 e. The molecule has 108 valence electrons. The van der Waals surface area contributed by atoms with Crippen LogP contribution < -0.4 is 5.32 Å². The maximum atomic E-state index is 12.5. The molecule has 21 heavy (non-hydrogen) atoms. The van der Waals surface area contributed by atoms with Crippen LogP contribution in [-0.4, -0.2) is 23.8 Å². The molecule has 0 fully saturated rings. The third-order valence-corrected chi connectivity index (χ3v) is 4.33. The fourth-order valence-corrected chi connectivity index (χ4v) is 3.12. The van der Waals surface area contributed by atoms with Gasteiger partial charge in [0.2, 0.25) is 5.91 Å². The van der Waals surface area contributed by atoms with E-state index in [1.54, 1.807) is 29.4 Å². The summed E-state index contributed by atoms with van der Waals surface area (Å²) < 4.78 is 0. The molecule has 0 atom stereocenters. The standard InChI is InChI=1S/C16H16N2O2S/c1-18(9-11-6-7-21-10-11)16(20)13-2-4-14-12(8-13)3-5-15(19)17-14/h2,4,6-8,10H,3,5,9H2,1H3,(H,17,19). The average Bonchev–Trinajstić information content (AvgIpc) is 2.98. The monoisotopic (exact) mass is 300 g/mol. The lowest BCUT2D eigenvalue weighted by Gasteiger charge is -2.20. The summed E-state index contributed by atoms with van der Waals surface area (Å²) in [6.07, 6.45) is 1.17. The van der Waals surface area contributed by atoms with Gasteiger partial charge >= 0.3 is 0 Å². The van der Waals surface area contributed by atoms with Crippen LogP contribution in [0.15, 0.2) is 35.0 Å². The van der Waals surface area contributed by atoms with Crippen molar-refractivity contribution in [3.05, 3.63) is 51.7 Å². The summed E-state index contributed by atoms with van der Waals surface area (Å²) in [5.74, 6) is 0.0389. The lowest BCUT2D eigenvalue weighted by atomic mass is 10.00. The number of carbonyl (C=O) groups is 2. The van der Waals surface area contributed by atoms with Crippen LogP contribution in [0.2, 0.25) is 0 Å². The van der Waals surface area contributed by atoms with Gasteiger partial charge in [-0.3, -0.25) is 9.59 Å². The lowest BCUT2D eigenvalue weighted by molar-refractivity contribution is -0.116. The molecule has 0 radical (unpaired) electrons. The Morgan fingerprint density at radius 3 is 2.95 bits per heavy atom. The minimum atomic E-state index is 0.000833. The van der Waals surface area contributed by atoms with Gasteiger partial charge in [0.15, 0.2) is 0 Å². The SMILES string of the molecule is CN(Cc1ccsc1)C(=O)c1ccc2c(c1)CCC(=O)N2. The maximum absolute atomic E-state index is 12.5. The van der Waals surface area contributed by atoms with Gasteiger partial charge in [-0.1, -0.05) is 0 Å². The van der Waals surface area contributed by atoms with Gasteiger partial charge in [0.1, 0.15) is 0 Å². The van der Waals surface area contributed by atoms with E-state index in [-0.39, 0.29) is 11.8 Å². The number of nitrogens with one attached hydrogen (secondary N) is 1. The van der Waals surface area contributed by atoms with E-state index < -0.39 is 0 Å². The fraction of sp³-hybridized carbons (Fsp3) is 0.250. The van der Waals surface area contributed by atoms with Crippen molar-refractivity contribution in [3.63, 3.8) is 0 Å². The molecule has 0 spiro atoms. The van der Waals surface area contributed by atoms with Gasteiger partial charge in [0.05, 0.1) is 0 Å². The number of rotatable bonds is 3. The first-order chi connectivity index (χ1) is 10.1. The predicted octanol–water partition coefficient (Wildman–Crippen LogP) is 2.91. The number of carbonyl (C=O) groups excluding carboxylic acids is 2. The third-order valence-electron chi connectivity index (χ3n) is 3.59. The van der Waals surface area contributed by atoms with Gasteiger partial charge < -0.3 is 10.2 Å². The summed E-state index contributed by atoms with van der Waals surface area (Å²) >= 11 is 1.63.